The summed E-state index contributed by atoms with van der Waals surface area (Å²) >= 11 is 0. The molecule has 0 saturated carbocycles. The van der Waals surface area contributed by atoms with E-state index in [9.17, 15) is 9.59 Å². The monoisotopic (exact) mass is 301 g/mol. The van der Waals surface area contributed by atoms with E-state index in [2.05, 4.69) is 6.92 Å². The third-order valence-electron chi connectivity index (χ3n) is 4.63. The molecule has 0 bridgehead atoms. The van der Waals surface area contributed by atoms with E-state index < -0.39 is 0 Å². The van der Waals surface area contributed by atoms with Crippen molar-refractivity contribution in [3.05, 3.63) is 30.3 Å². The van der Waals surface area contributed by atoms with E-state index >= 15 is 0 Å². The highest BCUT2D eigenvalue weighted by Crippen LogP contribution is 2.20. The minimum absolute atomic E-state index is 0.0649. The fraction of sp³-hybridized carbons (Fsp3) is 0.529. The number of piperidine rings is 1. The molecule has 0 radical (unpaired) electrons. The highest BCUT2D eigenvalue weighted by Gasteiger charge is 2.32. The second-order valence-corrected chi connectivity index (χ2v) is 6.25. The highest BCUT2D eigenvalue weighted by atomic mass is 16.2. The first-order valence-corrected chi connectivity index (χ1v) is 8.04. The van der Waals surface area contributed by atoms with Gasteiger partial charge in [0, 0.05) is 31.9 Å². The molecule has 0 N–H and O–H groups in total. The van der Waals surface area contributed by atoms with Crippen LogP contribution in [0.1, 0.15) is 19.8 Å². The quantitative estimate of drug-likeness (QED) is 0.859. The van der Waals surface area contributed by atoms with Gasteiger partial charge in [-0.25, -0.2) is 4.79 Å². The summed E-state index contributed by atoms with van der Waals surface area (Å²) in [7, 11) is 0. The molecule has 5 nitrogen and oxygen atoms in total. The van der Waals surface area contributed by atoms with Gasteiger partial charge in [0.25, 0.3) is 0 Å². The van der Waals surface area contributed by atoms with Crippen molar-refractivity contribution in [3.8, 4) is 0 Å². The SMILES string of the molecule is CC1CCN(C(=O)CN2CCN(c3ccccc3)C2=O)CC1. The molecule has 0 aliphatic carbocycles. The summed E-state index contributed by atoms with van der Waals surface area (Å²) in [5.74, 6) is 0.779. The predicted molar refractivity (Wildman–Crippen MR) is 85.7 cm³/mol. The maximum absolute atomic E-state index is 12.5. The fourth-order valence-corrected chi connectivity index (χ4v) is 3.10. The maximum Gasteiger partial charge on any atom is 0.325 e. The number of likely N-dealkylation sites (tertiary alicyclic amines) is 1. The molecule has 0 unspecified atom stereocenters. The summed E-state index contributed by atoms with van der Waals surface area (Å²) in [4.78, 5) is 30.1. The van der Waals surface area contributed by atoms with Crippen LogP contribution in [-0.2, 0) is 4.79 Å². The van der Waals surface area contributed by atoms with Crippen LogP contribution in [0, 0.1) is 5.92 Å². The normalized spacial score (nSPS) is 19.9. The molecule has 0 atom stereocenters. The molecule has 1 aromatic carbocycles. The Hall–Kier alpha value is -2.04. The molecule has 1 aromatic rings. The van der Waals surface area contributed by atoms with Crippen molar-refractivity contribution in [1.29, 1.82) is 0 Å². The van der Waals surface area contributed by atoms with Gasteiger partial charge < -0.3 is 9.80 Å². The lowest BCUT2D eigenvalue weighted by molar-refractivity contribution is -0.132. The number of urea groups is 1. The summed E-state index contributed by atoms with van der Waals surface area (Å²) in [6.07, 6.45) is 2.13. The van der Waals surface area contributed by atoms with Crippen LogP contribution < -0.4 is 4.90 Å². The van der Waals surface area contributed by atoms with Gasteiger partial charge in [-0.2, -0.15) is 0 Å². The van der Waals surface area contributed by atoms with Crippen LogP contribution in [0.2, 0.25) is 0 Å². The molecule has 0 spiro atoms. The largest absolute Gasteiger partial charge is 0.341 e. The number of carbonyl (C=O) groups excluding carboxylic acids is 2. The van der Waals surface area contributed by atoms with Crippen molar-refractivity contribution in [2.75, 3.05) is 37.6 Å². The van der Waals surface area contributed by atoms with Crippen molar-refractivity contribution < 1.29 is 9.59 Å². The second kappa shape index (κ2) is 6.38. The molecular weight excluding hydrogens is 278 g/mol. The molecule has 2 heterocycles. The van der Waals surface area contributed by atoms with Gasteiger partial charge in [-0.15, -0.1) is 0 Å². The Balaban J connectivity index is 1.58. The Bertz CT molecular complexity index is 538. The van der Waals surface area contributed by atoms with Gasteiger partial charge in [0.2, 0.25) is 5.91 Å². The molecular formula is C17H23N3O2. The van der Waals surface area contributed by atoms with Gasteiger partial charge in [-0.3, -0.25) is 9.69 Å². The zero-order chi connectivity index (χ0) is 15.5. The molecule has 118 valence electrons. The van der Waals surface area contributed by atoms with E-state index in [1.165, 1.54) is 0 Å². The Labute approximate surface area is 131 Å². The van der Waals surface area contributed by atoms with Crippen molar-refractivity contribution in [1.82, 2.24) is 9.80 Å². The number of nitrogens with zero attached hydrogens (tertiary/aromatic N) is 3. The summed E-state index contributed by atoms with van der Waals surface area (Å²) in [6, 6.07) is 9.56. The number of rotatable bonds is 3. The van der Waals surface area contributed by atoms with Crippen LogP contribution in [0.3, 0.4) is 0 Å². The van der Waals surface area contributed by atoms with Crippen molar-refractivity contribution in [3.63, 3.8) is 0 Å². The van der Waals surface area contributed by atoms with Crippen LogP contribution in [0.25, 0.3) is 0 Å². The maximum atomic E-state index is 12.5. The number of amides is 3. The van der Waals surface area contributed by atoms with Gasteiger partial charge in [0.05, 0.1) is 0 Å². The van der Waals surface area contributed by atoms with Gasteiger partial charge in [-0.1, -0.05) is 25.1 Å². The zero-order valence-electron chi connectivity index (χ0n) is 13.1. The molecule has 3 amide bonds. The fourth-order valence-electron chi connectivity index (χ4n) is 3.10. The van der Waals surface area contributed by atoms with Crippen LogP contribution >= 0.6 is 0 Å². The first kappa shape index (κ1) is 14.9. The second-order valence-electron chi connectivity index (χ2n) is 6.25. The molecule has 2 saturated heterocycles. The molecule has 3 rings (SSSR count). The summed E-state index contributed by atoms with van der Waals surface area (Å²) < 4.78 is 0. The number of hydrogen-bond donors (Lipinski definition) is 0. The van der Waals surface area contributed by atoms with Crippen LogP contribution in [0.4, 0.5) is 10.5 Å². The van der Waals surface area contributed by atoms with Crippen molar-refractivity contribution in [2.45, 2.75) is 19.8 Å². The Kier molecular flexibility index (Phi) is 4.32. The van der Waals surface area contributed by atoms with Crippen LogP contribution in [0.15, 0.2) is 30.3 Å². The van der Waals surface area contributed by atoms with E-state index in [4.69, 9.17) is 0 Å². The van der Waals surface area contributed by atoms with Crippen LogP contribution in [0.5, 0.6) is 0 Å². The topological polar surface area (TPSA) is 43.9 Å². The highest BCUT2D eigenvalue weighted by molar-refractivity contribution is 5.96. The van der Waals surface area contributed by atoms with E-state index in [1.807, 2.05) is 35.2 Å². The molecule has 2 aliphatic heterocycles. The third-order valence-corrected chi connectivity index (χ3v) is 4.63. The number of carbonyl (C=O) groups is 2. The minimum Gasteiger partial charge on any atom is -0.341 e. The molecule has 5 heteroatoms. The lowest BCUT2D eigenvalue weighted by atomic mass is 9.99. The standard InChI is InChI=1S/C17H23N3O2/c1-14-7-9-18(10-8-14)16(21)13-19-11-12-20(17(19)22)15-5-3-2-4-6-15/h2-6,14H,7-13H2,1H3. The Morgan fingerprint density at radius 3 is 2.45 bits per heavy atom. The third kappa shape index (κ3) is 3.08. The number of anilines is 1. The first-order chi connectivity index (χ1) is 10.6. The summed E-state index contributed by atoms with van der Waals surface area (Å²) in [6.45, 7) is 5.34. The predicted octanol–water partition coefficient (Wildman–Crippen LogP) is 2.19. The van der Waals surface area contributed by atoms with Gasteiger partial charge >= 0.3 is 6.03 Å². The number of hydrogen-bond acceptors (Lipinski definition) is 2. The van der Waals surface area contributed by atoms with E-state index in [1.54, 1.807) is 9.80 Å². The summed E-state index contributed by atoms with van der Waals surface area (Å²) in [5, 5.41) is 0. The lowest BCUT2D eigenvalue weighted by Crippen LogP contribution is -2.45. The van der Waals surface area contributed by atoms with Crippen molar-refractivity contribution in [2.24, 2.45) is 5.92 Å². The van der Waals surface area contributed by atoms with Gasteiger partial charge in [0.15, 0.2) is 0 Å². The first-order valence-electron chi connectivity index (χ1n) is 8.04. The van der Waals surface area contributed by atoms with Gasteiger partial charge in [-0.05, 0) is 30.9 Å². The van der Waals surface area contributed by atoms with E-state index in [0.717, 1.165) is 31.6 Å². The average Bonchev–Trinajstić information content (AvgIpc) is 2.90. The Morgan fingerprint density at radius 2 is 1.77 bits per heavy atom. The molecule has 22 heavy (non-hydrogen) atoms. The molecule has 2 aliphatic rings. The van der Waals surface area contributed by atoms with Crippen molar-refractivity contribution >= 4 is 17.6 Å². The zero-order valence-corrected chi connectivity index (χ0v) is 13.1. The lowest BCUT2D eigenvalue weighted by Gasteiger charge is -2.31. The van der Waals surface area contributed by atoms with E-state index in [-0.39, 0.29) is 18.5 Å². The molecule has 0 aromatic heterocycles. The van der Waals surface area contributed by atoms with E-state index in [0.29, 0.717) is 19.0 Å². The smallest absolute Gasteiger partial charge is 0.325 e. The number of benzene rings is 1. The average molecular weight is 301 g/mol. The minimum atomic E-state index is -0.0649. The summed E-state index contributed by atoms with van der Waals surface area (Å²) in [5.41, 5.74) is 0.897. The van der Waals surface area contributed by atoms with Crippen LogP contribution in [-0.4, -0.2) is 54.5 Å². The molecule has 2 fully saturated rings. The Morgan fingerprint density at radius 1 is 1.09 bits per heavy atom. The van der Waals surface area contributed by atoms with Gasteiger partial charge in [0.1, 0.15) is 6.54 Å². The number of para-hydroxylation sites is 1.